The summed E-state index contributed by atoms with van der Waals surface area (Å²) in [6.07, 6.45) is 10.1. The zero-order valence-electron chi connectivity index (χ0n) is 9.72. The van der Waals surface area contributed by atoms with Gasteiger partial charge in [0.25, 0.3) is 0 Å². The van der Waals surface area contributed by atoms with E-state index < -0.39 is 0 Å². The second-order valence-corrected chi connectivity index (χ2v) is 5.28. The molecule has 4 heteroatoms. The molecule has 4 nitrogen and oxygen atoms in total. The third kappa shape index (κ3) is 1.66. The van der Waals surface area contributed by atoms with E-state index in [1.165, 1.54) is 12.0 Å². The highest BCUT2D eigenvalue weighted by Gasteiger charge is 2.49. The van der Waals surface area contributed by atoms with Crippen molar-refractivity contribution < 1.29 is 4.74 Å². The Bertz CT molecular complexity index is 389. The molecule has 2 bridgehead atoms. The first-order valence-corrected chi connectivity index (χ1v) is 6.08. The van der Waals surface area contributed by atoms with Crippen molar-refractivity contribution in [2.45, 2.75) is 49.9 Å². The van der Waals surface area contributed by atoms with Gasteiger partial charge in [0.15, 0.2) is 0 Å². The number of aryl methyl sites for hydroxylation is 2. The van der Waals surface area contributed by atoms with Crippen LogP contribution in [0.1, 0.15) is 31.2 Å². The van der Waals surface area contributed by atoms with E-state index in [9.17, 15) is 0 Å². The molecule has 2 aliphatic rings. The maximum atomic E-state index is 6.45. The van der Waals surface area contributed by atoms with Crippen LogP contribution in [0.15, 0.2) is 12.4 Å². The molecule has 3 atom stereocenters. The lowest BCUT2D eigenvalue weighted by molar-refractivity contribution is 0.0839. The molecule has 0 radical (unpaired) electrons. The van der Waals surface area contributed by atoms with Gasteiger partial charge in [0.05, 0.1) is 18.4 Å². The molecule has 16 heavy (non-hydrogen) atoms. The maximum Gasteiger partial charge on any atom is 0.0760 e. The number of rotatable bonds is 3. The molecule has 0 aromatic carbocycles. The smallest absolute Gasteiger partial charge is 0.0760 e. The average Bonchev–Trinajstić information content (AvgIpc) is 2.90. The van der Waals surface area contributed by atoms with Crippen molar-refractivity contribution >= 4 is 0 Å². The van der Waals surface area contributed by atoms with Crippen LogP contribution in [0.4, 0.5) is 0 Å². The van der Waals surface area contributed by atoms with Crippen LogP contribution in [0.3, 0.4) is 0 Å². The van der Waals surface area contributed by atoms with Crippen LogP contribution in [0.25, 0.3) is 0 Å². The fourth-order valence-electron chi connectivity index (χ4n) is 3.08. The third-order valence-electron chi connectivity index (χ3n) is 3.99. The molecule has 3 unspecified atom stereocenters. The summed E-state index contributed by atoms with van der Waals surface area (Å²) in [5.41, 5.74) is 7.64. The van der Waals surface area contributed by atoms with Gasteiger partial charge in [-0.25, -0.2) is 0 Å². The molecule has 0 spiro atoms. The summed E-state index contributed by atoms with van der Waals surface area (Å²) < 4.78 is 7.68. The molecule has 2 aliphatic heterocycles. The highest BCUT2D eigenvalue weighted by atomic mass is 16.5. The number of nitrogens with two attached hydrogens (primary N) is 1. The van der Waals surface area contributed by atoms with Crippen LogP contribution < -0.4 is 5.73 Å². The van der Waals surface area contributed by atoms with E-state index in [1.54, 1.807) is 0 Å². The van der Waals surface area contributed by atoms with Crippen LogP contribution in [0.5, 0.6) is 0 Å². The molecule has 0 aliphatic carbocycles. The van der Waals surface area contributed by atoms with Crippen molar-refractivity contribution in [3.05, 3.63) is 18.0 Å². The van der Waals surface area contributed by atoms with Gasteiger partial charge in [0.1, 0.15) is 0 Å². The Balaban J connectivity index is 1.63. The minimum Gasteiger partial charge on any atom is -0.373 e. The quantitative estimate of drug-likeness (QED) is 0.828. The number of fused-ring (bicyclic) bond motifs is 2. The lowest BCUT2D eigenvalue weighted by Crippen LogP contribution is -2.48. The molecule has 2 N–H and O–H groups in total. The minimum absolute atomic E-state index is 0.0846. The Morgan fingerprint density at radius 2 is 2.50 bits per heavy atom. The molecule has 0 amide bonds. The normalized spacial score (nSPS) is 37.1. The predicted octanol–water partition coefficient (Wildman–Crippen LogP) is 1.00. The van der Waals surface area contributed by atoms with Crippen molar-refractivity contribution in [2.24, 2.45) is 12.8 Å². The van der Waals surface area contributed by atoms with Gasteiger partial charge in [-0.2, -0.15) is 5.10 Å². The SMILES string of the molecule is Cn1cc(CCC2(N)CC3CCC2O3)cn1. The minimum atomic E-state index is -0.0846. The van der Waals surface area contributed by atoms with E-state index in [2.05, 4.69) is 11.3 Å². The van der Waals surface area contributed by atoms with Gasteiger partial charge in [0, 0.05) is 18.8 Å². The van der Waals surface area contributed by atoms with E-state index in [-0.39, 0.29) is 5.54 Å². The number of ether oxygens (including phenoxy) is 1. The van der Waals surface area contributed by atoms with Gasteiger partial charge >= 0.3 is 0 Å². The molecule has 88 valence electrons. The Hall–Kier alpha value is -0.870. The van der Waals surface area contributed by atoms with Crippen LogP contribution >= 0.6 is 0 Å². The lowest BCUT2D eigenvalue weighted by atomic mass is 9.79. The van der Waals surface area contributed by atoms with Gasteiger partial charge in [-0.3, -0.25) is 4.68 Å². The monoisotopic (exact) mass is 221 g/mol. The Kier molecular flexibility index (Phi) is 2.30. The van der Waals surface area contributed by atoms with Crippen molar-refractivity contribution in [1.29, 1.82) is 0 Å². The molecular formula is C12H19N3O. The molecule has 3 rings (SSSR count). The highest BCUT2D eigenvalue weighted by Crippen LogP contribution is 2.42. The fourth-order valence-corrected chi connectivity index (χ4v) is 3.08. The number of hydrogen-bond acceptors (Lipinski definition) is 3. The van der Waals surface area contributed by atoms with Crippen LogP contribution in [-0.4, -0.2) is 27.5 Å². The van der Waals surface area contributed by atoms with Gasteiger partial charge < -0.3 is 10.5 Å². The molecule has 2 saturated heterocycles. The number of hydrogen-bond donors (Lipinski definition) is 1. The van der Waals surface area contributed by atoms with Crippen LogP contribution in [-0.2, 0) is 18.2 Å². The lowest BCUT2D eigenvalue weighted by Gasteiger charge is -2.30. The van der Waals surface area contributed by atoms with Crippen molar-refractivity contribution in [2.75, 3.05) is 0 Å². The van der Waals surface area contributed by atoms with Crippen molar-refractivity contribution in [3.63, 3.8) is 0 Å². The van der Waals surface area contributed by atoms with Gasteiger partial charge in [-0.1, -0.05) is 0 Å². The highest BCUT2D eigenvalue weighted by molar-refractivity contribution is 5.10. The third-order valence-corrected chi connectivity index (χ3v) is 3.99. The summed E-state index contributed by atoms with van der Waals surface area (Å²) in [5, 5.41) is 4.18. The average molecular weight is 221 g/mol. The van der Waals surface area contributed by atoms with Gasteiger partial charge in [-0.05, 0) is 37.7 Å². The predicted molar refractivity (Wildman–Crippen MR) is 61.0 cm³/mol. The number of nitrogens with zero attached hydrogens (tertiary/aromatic N) is 2. The number of aromatic nitrogens is 2. The summed E-state index contributed by atoms with van der Waals surface area (Å²) in [7, 11) is 1.95. The molecule has 1 aromatic heterocycles. The largest absolute Gasteiger partial charge is 0.373 e. The summed E-state index contributed by atoms with van der Waals surface area (Å²) >= 11 is 0. The van der Waals surface area contributed by atoms with E-state index >= 15 is 0 Å². The first-order chi connectivity index (χ1) is 7.66. The zero-order chi connectivity index (χ0) is 11.2. The van der Waals surface area contributed by atoms with E-state index in [1.807, 2.05) is 17.9 Å². The van der Waals surface area contributed by atoms with Crippen LogP contribution in [0.2, 0.25) is 0 Å². The zero-order valence-corrected chi connectivity index (χ0v) is 9.72. The van der Waals surface area contributed by atoms with Crippen LogP contribution in [0, 0.1) is 0 Å². The van der Waals surface area contributed by atoms with Crippen molar-refractivity contribution in [3.8, 4) is 0 Å². The first-order valence-electron chi connectivity index (χ1n) is 6.08. The molecule has 3 heterocycles. The summed E-state index contributed by atoms with van der Waals surface area (Å²) in [6, 6.07) is 0. The van der Waals surface area contributed by atoms with Gasteiger partial charge in [0.2, 0.25) is 0 Å². The molecule has 0 saturated carbocycles. The standard InChI is InChI=1S/C12H19N3O/c1-15-8-9(7-14-15)4-5-12(13)6-10-2-3-11(12)16-10/h7-8,10-11H,2-6,13H2,1H3. The fraction of sp³-hybridized carbons (Fsp3) is 0.750. The maximum absolute atomic E-state index is 6.45. The Labute approximate surface area is 95.8 Å². The van der Waals surface area contributed by atoms with Crippen molar-refractivity contribution in [1.82, 2.24) is 9.78 Å². The van der Waals surface area contributed by atoms with E-state index in [4.69, 9.17) is 10.5 Å². The summed E-state index contributed by atoms with van der Waals surface area (Å²) in [5.74, 6) is 0. The molecular weight excluding hydrogens is 202 g/mol. The summed E-state index contributed by atoms with van der Waals surface area (Å²) in [6.45, 7) is 0. The molecule has 2 fully saturated rings. The topological polar surface area (TPSA) is 53.1 Å². The summed E-state index contributed by atoms with van der Waals surface area (Å²) in [4.78, 5) is 0. The first kappa shape index (κ1) is 10.3. The second kappa shape index (κ2) is 3.57. The van der Waals surface area contributed by atoms with E-state index in [0.717, 1.165) is 25.7 Å². The van der Waals surface area contributed by atoms with E-state index in [0.29, 0.717) is 12.2 Å². The Morgan fingerprint density at radius 3 is 3.06 bits per heavy atom. The molecule has 1 aromatic rings. The second-order valence-electron chi connectivity index (χ2n) is 5.28. The van der Waals surface area contributed by atoms with Gasteiger partial charge in [-0.15, -0.1) is 0 Å². The Morgan fingerprint density at radius 1 is 1.62 bits per heavy atom.